The fourth-order valence-electron chi connectivity index (χ4n) is 3.95. The van der Waals surface area contributed by atoms with Gasteiger partial charge >= 0.3 is 16.1 Å². The molecule has 1 atom stereocenters. The molecule has 0 aliphatic heterocycles. The molecule has 9 heteroatoms. The van der Waals surface area contributed by atoms with Gasteiger partial charge < -0.3 is 20.3 Å². The predicted octanol–water partition coefficient (Wildman–Crippen LogP) is 2.64. The highest BCUT2D eigenvalue weighted by Gasteiger charge is 2.29. The molecular weight excluding hydrogens is 444 g/mol. The summed E-state index contributed by atoms with van der Waals surface area (Å²) in [5, 5.41) is 12.2. The number of amides is 1. The fourth-order valence-corrected chi connectivity index (χ4v) is 4.88. The average Bonchev–Trinajstić information content (AvgIpc) is 2.80. The van der Waals surface area contributed by atoms with Gasteiger partial charge in [-0.25, -0.2) is 4.79 Å². The Bertz CT molecular complexity index is 1060. The maximum absolute atomic E-state index is 12.6. The molecule has 2 aromatic carbocycles. The van der Waals surface area contributed by atoms with Crippen LogP contribution in [0.2, 0.25) is 0 Å². The number of nitrogens with two attached hydrogens (primary N) is 1. The molecule has 1 amide bonds. The van der Waals surface area contributed by atoms with Gasteiger partial charge in [-0.3, -0.25) is 4.79 Å². The Hall–Kier alpha value is -2.91. The summed E-state index contributed by atoms with van der Waals surface area (Å²) in [5.41, 5.74) is 7.26. The summed E-state index contributed by atoms with van der Waals surface area (Å²) in [5.74, 6) is -1.02. The van der Waals surface area contributed by atoms with Gasteiger partial charge in [0.05, 0.1) is 0 Å². The van der Waals surface area contributed by atoms with Crippen LogP contribution < -0.4 is 15.2 Å². The van der Waals surface area contributed by atoms with Crippen molar-refractivity contribution in [1.29, 1.82) is 0 Å². The number of aliphatic carboxylic acids is 1. The van der Waals surface area contributed by atoms with Crippen molar-refractivity contribution in [2.75, 3.05) is 6.54 Å². The minimum atomic E-state index is -3.97. The molecule has 1 aliphatic carbocycles. The van der Waals surface area contributed by atoms with Crippen molar-refractivity contribution >= 4 is 22.0 Å². The predicted molar refractivity (Wildman–Crippen MR) is 123 cm³/mol. The first kappa shape index (κ1) is 24.7. The number of benzene rings is 2. The van der Waals surface area contributed by atoms with Gasteiger partial charge in [0.1, 0.15) is 16.7 Å². The lowest BCUT2D eigenvalue weighted by Gasteiger charge is -2.27. The number of hydrogen-bond donors (Lipinski definition) is 3. The third kappa shape index (κ3) is 6.79. The Morgan fingerprint density at radius 1 is 1.06 bits per heavy atom. The number of hydrogen-bond acceptors (Lipinski definition) is 6. The molecule has 0 unspecified atom stereocenters. The molecule has 0 saturated heterocycles. The van der Waals surface area contributed by atoms with E-state index in [0.29, 0.717) is 30.9 Å². The standard InChI is InChI=1S/C24H30N2O6S/c1-16-2-12-21(13-3-16)33(30,31)32-20-10-6-17(7-11-20)14-22(24(28)29)26-23(27)19-8-4-18(15-25)5-9-19/h2-3,6-7,10-13,18-19,22H,4-5,8-9,14-15,25H2,1H3,(H,26,27)(H,28,29)/t18?,19?,22-/m0/s1. The summed E-state index contributed by atoms with van der Waals surface area (Å²) >= 11 is 0. The highest BCUT2D eigenvalue weighted by atomic mass is 32.2. The van der Waals surface area contributed by atoms with Gasteiger partial charge in [0.25, 0.3) is 0 Å². The number of carbonyl (C=O) groups is 2. The molecule has 0 heterocycles. The quantitative estimate of drug-likeness (QED) is 0.475. The molecule has 178 valence electrons. The highest BCUT2D eigenvalue weighted by molar-refractivity contribution is 7.87. The summed E-state index contributed by atoms with van der Waals surface area (Å²) in [4.78, 5) is 24.3. The van der Waals surface area contributed by atoms with E-state index in [1.807, 2.05) is 6.92 Å². The Labute approximate surface area is 194 Å². The van der Waals surface area contributed by atoms with Crippen LogP contribution in [0.15, 0.2) is 53.4 Å². The zero-order valence-corrected chi connectivity index (χ0v) is 19.4. The lowest BCUT2D eigenvalue weighted by atomic mass is 9.81. The Morgan fingerprint density at radius 3 is 2.21 bits per heavy atom. The van der Waals surface area contributed by atoms with Gasteiger partial charge in [-0.15, -0.1) is 0 Å². The van der Waals surface area contributed by atoms with Crippen molar-refractivity contribution < 1.29 is 27.3 Å². The van der Waals surface area contributed by atoms with Crippen molar-refractivity contribution in [2.45, 2.75) is 50.0 Å². The minimum absolute atomic E-state index is 0.0475. The van der Waals surface area contributed by atoms with Crippen LogP contribution in [-0.2, 0) is 26.1 Å². The van der Waals surface area contributed by atoms with Crippen LogP contribution in [0.1, 0.15) is 36.8 Å². The molecule has 33 heavy (non-hydrogen) atoms. The number of carbonyl (C=O) groups excluding carboxylic acids is 1. The SMILES string of the molecule is Cc1ccc(S(=O)(=O)Oc2ccc(C[C@H](NC(=O)C3CCC(CN)CC3)C(=O)O)cc2)cc1. The Kier molecular flexibility index (Phi) is 8.10. The van der Waals surface area contributed by atoms with Gasteiger partial charge in [0.2, 0.25) is 5.91 Å². The lowest BCUT2D eigenvalue weighted by Crippen LogP contribution is -2.45. The van der Waals surface area contributed by atoms with Gasteiger partial charge in [-0.2, -0.15) is 8.42 Å². The van der Waals surface area contributed by atoms with E-state index in [1.54, 1.807) is 24.3 Å². The van der Waals surface area contributed by atoms with E-state index in [0.717, 1.165) is 18.4 Å². The maximum atomic E-state index is 12.6. The highest BCUT2D eigenvalue weighted by Crippen LogP contribution is 2.28. The van der Waals surface area contributed by atoms with Crippen LogP contribution in [0.3, 0.4) is 0 Å². The number of carboxylic acids is 1. The monoisotopic (exact) mass is 474 g/mol. The summed E-state index contributed by atoms with van der Waals surface area (Å²) in [6.45, 7) is 2.47. The van der Waals surface area contributed by atoms with E-state index in [4.69, 9.17) is 9.92 Å². The second-order valence-corrected chi connectivity index (χ2v) is 10.1. The largest absolute Gasteiger partial charge is 0.480 e. The average molecular weight is 475 g/mol. The van der Waals surface area contributed by atoms with Gasteiger partial charge in [-0.05, 0) is 74.9 Å². The van der Waals surface area contributed by atoms with E-state index in [1.165, 1.54) is 24.3 Å². The Balaban J connectivity index is 1.60. The van der Waals surface area contributed by atoms with E-state index < -0.39 is 22.1 Å². The Morgan fingerprint density at radius 2 is 1.67 bits per heavy atom. The summed E-state index contributed by atoms with van der Waals surface area (Å²) in [6.07, 6.45) is 3.24. The second-order valence-electron chi connectivity index (χ2n) is 8.55. The first-order valence-corrected chi connectivity index (χ1v) is 12.4. The maximum Gasteiger partial charge on any atom is 0.339 e. The van der Waals surface area contributed by atoms with Gasteiger partial charge in [-0.1, -0.05) is 29.8 Å². The van der Waals surface area contributed by atoms with Crippen LogP contribution in [0.25, 0.3) is 0 Å². The lowest BCUT2D eigenvalue weighted by molar-refractivity contribution is -0.142. The van der Waals surface area contributed by atoms with E-state index >= 15 is 0 Å². The summed E-state index contributed by atoms with van der Waals surface area (Å²) < 4.78 is 30.0. The number of nitrogens with one attached hydrogen (secondary N) is 1. The zero-order chi connectivity index (χ0) is 24.0. The molecule has 1 aliphatic rings. The van der Waals surface area contributed by atoms with Crippen LogP contribution in [0.5, 0.6) is 5.75 Å². The van der Waals surface area contributed by atoms with E-state index in [9.17, 15) is 23.1 Å². The van der Waals surface area contributed by atoms with Crippen LogP contribution in [0, 0.1) is 18.8 Å². The molecule has 0 aromatic heterocycles. The molecule has 0 bridgehead atoms. The van der Waals surface area contributed by atoms with Crippen LogP contribution >= 0.6 is 0 Å². The third-order valence-electron chi connectivity index (χ3n) is 6.04. The molecule has 8 nitrogen and oxygen atoms in total. The molecule has 4 N–H and O–H groups in total. The normalized spacial score (nSPS) is 19.5. The smallest absolute Gasteiger partial charge is 0.339 e. The topological polar surface area (TPSA) is 136 Å². The van der Waals surface area contributed by atoms with E-state index in [2.05, 4.69) is 5.32 Å². The van der Waals surface area contributed by atoms with Gasteiger partial charge in [0, 0.05) is 12.3 Å². The molecule has 0 radical (unpaired) electrons. The molecule has 0 spiro atoms. The number of rotatable bonds is 9. The van der Waals surface area contributed by atoms with Crippen LogP contribution in [-0.4, -0.2) is 38.0 Å². The van der Waals surface area contributed by atoms with Crippen molar-refractivity contribution in [3.63, 3.8) is 0 Å². The fraction of sp³-hybridized carbons (Fsp3) is 0.417. The molecular formula is C24H30N2O6S. The summed E-state index contributed by atoms with van der Waals surface area (Å²) in [6, 6.07) is 11.4. The number of carboxylic acid groups (broad SMARTS) is 1. The minimum Gasteiger partial charge on any atom is -0.480 e. The first-order chi connectivity index (χ1) is 15.7. The van der Waals surface area contributed by atoms with Crippen molar-refractivity contribution in [3.8, 4) is 5.75 Å². The van der Waals surface area contributed by atoms with E-state index in [-0.39, 0.29) is 28.9 Å². The van der Waals surface area contributed by atoms with Crippen molar-refractivity contribution in [3.05, 3.63) is 59.7 Å². The third-order valence-corrected chi connectivity index (χ3v) is 7.31. The molecule has 2 aromatic rings. The molecule has 1 fully saturated rings. The second kappa shape index (κ2) is 10.8. The van der Waals surface area contributed by atoms with Crippen molar-refractivity contribution in [1.82, 2.24) is 5.32 Å². The van der Waals surface area contributed by atoms with Crippen molar-refractivity contribution in [2.24, 2.45) is 17.6 Å². The number of aryl methyl sites for hydroxylation is 1. The molecule has 1 saturated carbocycles. The van der Waals surface area contributed by atoms with Gasteiger partial charge in [0.15, 0.2) is 0 Å². The first-order valence-electron chi connectivity index (χ1n) is 11.0. The summed E-state index contributed by atoms with van der Waals surface area (Å²) in [7, 11) is -3.97. The molecule has 3 rings (SSSR count). The zero-order valence-electron chi connectivity index (χ0n) is 18.6. The van der Waals surface area contributed by atoms with Crippen LogP contribution in [0.4, 0.5) is 0 Å².